The van der Waals surface area contributed by atoms with Crippen LogP contribution in [0.4, 0.5) is 5.69 Å². The van der Waals surface area contributed by atoms with Crippen LogP contribution in [-0.2, 0) is 14.8 Å². The Hall–Kier alpha value is -2.39. The van der Waals surface area contributed by atoms with Crippen LogP contribution in [0.5, 0.6) is 0 Å². The van der Waals surface area contributed by atoms with Crippen molar-refractivity contribution in [3.63, 3.8) is 0 Å². The van der Waals surface area contributed by atoms with Crippen molar-refractivity contribution in [1.82, 2.24) is 9.21 Å². The van der Waals surface area contributed by atoms with E-state index < -0.39 is 10.0 Å². The summed E-state index contributed by atoms with van der Waals surface area (Å²) in [4.78, 5) is 15.7. The minimum absolute atomic E-state index is 0.132. The molecule has 0 aromatic heterocycles. The van der Waals surface area contributed by atoms with Crippen LogP contribution in [0.25, 0.3) is 10.8 Å². The Kier molecular flexibility index (Phi) is 6.62. The number of thioether (sulfide) groups is 1. The van der Waals surface area contributed by atoms with Crippen LogP contribution in [0, 0.1) is 0 Å². The van der Waals surface area contributed by atoms with Gasteiger partial charge in [-0.3, -0.25) is 4.79 Å². The summed E-state index contributed by atoms with van der Waals surface area (Å²) in [7, 11) is -1.52. The van der Waals surface area contributed by atoms with Crippen LogP contribution in [0.15, 0.2) is 76.5 Å². The molecule has 0 atom stereocenters. The number of piperazine rings is 1. The van der Waals surface area contributed by atoms with Crippen LogP contribution < -0.4 is 5.32 Å². The van der Waals surface area contributed by atoms with Gasteiger partial charge in [-0.2, -0.15) is 4.31 Å². The normalized spacial score (nSPS) is 15.8. The first-order valence-corrected chi connectivity index (χ1v) is 12.5. The van der Waals surface area contributed by atoms with Gasteiger partial charge in [0, 0.05) is 36.8 Å². The Morgan fingerprint density at radius 1 is 0.935 bits per heavy atom. The molecule has 1 fully saturated rings. The molecule has 1 aliphatic rings. The van der Waals surface area contributed by atoms with Crippen molar-refractivity contribution in [3.05, 3.63) is 66.7 Å². The Morgan fingerprint density at radius 2 is 1.61 bits per heavy atom. The number of hydrogen-bond donors (Lipinski definition) is 1. The number of carbonyl (C=O) groups is 1. The first-order valence-electron chi connectivity index (χ1n) is 10.1. The van der Waals surface area contributed by atoms with Gasteiger partial charge in [-0.15, -0.1) is 11.8 Å². The zero-order chi connectivity index (χ0) is 21.8. The Labute approximate surface area is 187 Å². The predicted molar refractivity (Wildman–Crippen MR) is 126 cm³/mol. The van der Waals surface area contributed by atoms with Gasteiger partial charge in [0.25, 0.3) is 0 Å². The molecule has 1 saturated heterocycles. The monoisotopic (exact) mass is 455 g/mol. The summed E-state index contributed by atoms with van der Waals surface area (Å²) in [6.45, 7) is 2.43. The molecule has 4 rings (SSSR count). The number of anilines is 1. The molecule has 0 bridgehead atoms. The lowest BCUT2D eigenvalue weighted by Crippen LogP contribution is -2.46. The van der Waals surface area contributed by atoms with Gasteiger partial charge in [-0.1, -0.05) is 30.3 Å². The average Bonchev–Trinajstić information content (AvgIpc) is 2.78. The third-order valence-electron chi connectivity index (χ3n) is 5.33. The average molecular weight is 456 g/mol. The lowest BCUT2D eigenvalue weighted by Gasteiger charge is -2.31. The van der Waals surface area contributed by atoms with Crippen molar-refractivity contribution in [2.24, 2.45) is 0 Å². The summed E-state index contributed by atoms with van der Waals surface area (Å²) in [5.41, 5.74) is 0.585. The highest BCUT2D eigenvalue weighted by molar-refractivity contribution is 8.00. The number of benzene rings is 3. The first-order chi connectivity index (χ1) is 14.9. The van der Waals surface area contributed by atoms with Crippen molar-refractivity contribution in [2.45, 2.75) is 9.79 Å². The molecule has 1 N–H and O–H groups in total. The van der Waals surface area contributed by atoms with Gasteiger partial charge in [-0.25, -0.2) is 8.42 Å². The zero-order valence-corrected chi connectivity index (χ0v) is 19.0. The maximum Gasteiger partial charge on any atom is 0.243 e. The molecule has 1 aliphatic heterocycles. The van der Waals surface area contributed by atoms with Crippen LogP contribution in [0.3, 0.4) is 0 Å². The van der Waals surface area contributed by atoms with Gasteiger partial charge in [0.15, 0.2) is 0 Å². The van der Waals surface area contributed by atoms with Crippen LogP contribution >= 0.6 is 11.8 Å². The van der Waals surface area contributed by atoms with Crippen molar-refractivity contribution in [2.75, 3.05) is 44.3 Å². The van der Waals surface area contributed by atoms with Gasteiger partial charge in [-0.05, 0) is 54.2 Å². The largest absolute Gasteiger partial charge is 0.325 e. The lowest BCUT2D eigenvalue weighted by molar-refractivity contribution is -0.113. The van der Waals surface area contributed by atoms with E-state index in [0.717, 1.165) is 23.4 Å². The number of carbonyl (C=O) groups excluding carboxylic acids is 1. The third-order valence-corrected chi connectivity index (χ3v) is 8.24. The summed E-state index contributed by atoms with van der Waals surface area (Å²) < 4.78 is 27.1. The van der Waals surface area contributed by atoms with E-state index in [9.17, 15) is 13.2 Å². The van der Waals surface area contributed by atoms with Gasteiger partial charge < -0.3 is 10.2 Å². The third kappa shape index (κ3) is 5.27. The molecule has 0 saturated carbocycles. The molecule has 0 unspecified atom stereocenters. The van der Waals surface area contributed by atoms with E-state index >= 15 is 0 Å². The summed E-state index contributed by atoms with van der Waals surface area (Å²) in [6.07, 6.45) is 0. The van der Waals surface area contributed by atoms with Crippen molar-refractivity contribution in [1.29, 1.82) is 0 Å². The fourth-order valence-electron chi connectivity index (χ4n) is 3.49. The first kappa shape index (κ1) is 21.8. The van der Waals surface area contributed by atoms with Crippen molar-refractivity contribution < 1.29 is 13.2 Å². The number of likely N-dealkylation sites (N-methyl/N-ethyl adjacent to an activating group) is 1. The molecule has 0 aliphatic carbocycles. The Bertz CT molecular complexity index is 1170. The minimum atomic E-state index is -3.51. The van der Waals surface area contributed by atoms with Crippen molar-refractivity contribution >= 4 is 44.2 Å². The van der Waals surface area contributed by atoms with E-state index in [4.69, 9.17) is 0 Å². The maximum atomic E-state index is 12.8. The molecule has 8 heteroatoms. The fraction of sp³-hybridized carbons (Fsp3) is 0.261. The molecule has 162 valence electrons. The molecular weight excluding hydrogens is 430 g/mol. The molecule has 3 aromatic carbocycles. The number of rotatable bonds is 6. The Morgan fingerprint density at radius 3 is 2.32 bits per heavy atom. The van der Waals surface area contributed by atoms with Crippen LogP contribution in [0.2, 0.25) is 0 Å². The maximum absolute atomic E-state index is 12.8. The number of amides is 1. The molecule has 3 aromatic rings. The number of nitrogens with one attached hydrogen (secondary N) is 1. The molecule has 1 heterocycles. The SMILES string of the molecule is CN1CCN(S(=O)(=O)c2ccc(NC(=O)CSc3ccc4ccccc4c3)cc2)CC1. The van der Waals surface area contributed by atoms with Crippen LogP contribution in [-0.4, -0.2) is 62.5 Å². The van der Waals surface area contributed by atoms with Crippen LogP contribution in [0.1, 0.15) is 0 Å². The molecule has 1 amide bonds. The topological polar surface area (TPSA) is 69.7 Å². The van der Waals surface area contributed by atoms with E-state index in [-0.39, 0.29) is 16.6 Å². The van der Waals surface area contributed by atoms with Gasteiger partial charge >= 0.3 is 0 Å². The van der Waals surface area contributed by atoms with E-state index in [1.165, 1.54) is 21.5 Å². The minimum Gasteiger partial charge on any atom is -0.325 e. The van der Waals surface area contributed by atoms with Crippen molar-refractivity contribution in [3.8, 4) is 0 Å². The molecular formula is C23H25N3O3S2. The standard InChI is InChI=1S/C23H25N3O3S2/c1-25-12-14-26(15-13-25)31(28,29)22-10-7-20(8-11-22)24-23(27)17-30-21-9-6-18-4-2-3-5-19(18)16-21/h2-11,16H,12-15,17H2,1H3,(H,24,27). The smallest absolute Gasteiger partial charge is 0.243 e. The highest BCUT2D eigenvalue weighted by atomic mass is 32.2. The van der Waals surface area contributed by atoms with E-state index in [1.54, 1.807) is 24.3 Å². The summed E-state index contributed by atoms with van der Waals surface area (Å²) in [5, 5.41) is 5.15. The zero-order valence-electron chi connectivity index (χ0n) is 17.3. The second-order valence-electron chi connectivity index (χ2n) is 7.58. The second kappa shape index (κ2) is 9.40. The van der Waals surface area contributed by atoms with Gasteiger partial charge in [0.1, 0.15) is 0 Å². The molecule has 6 nitrogen and oxygen atoms in total. The second-order valence-corrected chi connectivity index (χ2v) is 10.6. The van der Waals surface area contributed by atoms with E-state index in [0.29, 0.717) is 18.8 Å². The van der Waals surface area contributed by atoms with Gasteiger partial charge in [0.2, 0.25) is 15.9 Å². The highest BCUT2D eigenvalue weighted by Gasteiger charge is 2.27. The highest BCUT2D eigenvalue weighted by Crippen LogP contribution is 2.24. The predicted octanol–water partition coefficient (Wildman–Crippen LogP) is 3.51. The molecule has 0 spiro atoms. The Balaban J connectivity index is 1.34. The number of sulfonamides is 1. The summed E-state index contributed by atoms with van der Waals surface area (Å²) >= 11 is 1.47. The van der Waals surface area contributed by atoms with E-state index in [1.807, 2.05) is 25.2 Å². The summed E-state index contributed by atoms with van der Waals surface area (Å²) in [6, 6.07) is 20.6. The fourth-order valence-corrected chi connectivity index (χ4v) is 5.66. The number of fused-ring (bicyclic) bond motifs is 1. The van der Waals surface area contributed by atoms with Gasteiger partial charge in [0.05, 0.1) is 10.6 Å². The quantitative estimate of drug-likeness (QED) is 0.576. The number of nitrogens with zero attached hydrogens (tertiary/aromatic N) is 2. The van der Waals surface area contributed by atoms with E-state index in [2.05, 4.69) is 34.5 Å². The lowest BCUT2D eigenvalue weighted by atomic mass is 10.1. The molecule has 31 heavy (non-hydrogen) atoms. The molecule has 0 radical (unpaired) electrons. The number of hydrogen-bond acceptors (Lipinski definition) is 5. The summed E-state index contributed by atoms with van der Waals surface area (Å²) in [5.74, 6) is 0.146.